The van der Waals surface area contributed by atoms with Crippen molar-refractivity contribution in [2.45, 2.75) is 38.8 Å². The number of aliphatic imine (C=N–C) groups is 1. The number of hydrogen-bond donors (Lipinski definition) is 2. The van der Waals surface area contributed by atoms with Crippen molar-refractivity contribution in [3.05, 3.63) is 37.5 Å². The minimum atomic E-state index is 0.413. The lowest BCUT2D eigenvalue weighted by Gasteiger charge is -2.33. The van der Waals surface area contributed by atoms with Gasteiger partial charge < -0.3 is 10.6 Å². The van der Waals surface area contributed by atoms with E-state index in [1.165, 1.54) is 0 Å². The van der Waals surface area contributed by atoms with Crippen LogP contribution >= 0.6 is 0 Å². The Hall–Kier alpha value is -1.55. The van der Waals surface area contributed by atoms with Gasteiger partial charge in [-0.15, -0.1) is 13.2 Å². The SMILES string of the molecule is C=CCN(CC=C)C(CNC(=NC)NC1CC=CC1)C(C)C. The number of rotatable bonds is 9. The Kier molecular flexibility index (Phi) is 8.60. The third kappa shape index (κ3) is 6.06. The quantitative estimate of drug-likeness (QED) is 0.391. The van der Waals surface area contributed by atoms with Gasteiger partial charge in [0.25, 0.3) is 0 Å². The highest BCUT2D eigenvalue weighted by atomic mass is 15.2. The van der Waals surface area contributed by atoms with Crippen molar-refractivity contribution >= 4 is 5.96 Å². The van der Waals surface area contributed by atoms with Crippen LogP contribution in [-0.4, -0.2) is 49.6 Å². The van der Waals surface area contributed by atoms with Gasteiger partial charge >= 0.3 is 0 Å². The molecule has 0 radical (unpaired) electrons. The average molecular weight is 304 g/mol. The van der Waals surface area contributed by atoms with Crippen LogP contribution in [0.15, 0.2) is 42.5 Å². The largest absolute Gasteiger partial charge is 0.355 e. The Bertz CT molecular complexity index is 380. The number of nitrogens with zero attached hydrogens (tertiary/aromatic N) is 2. The molecule has 2 N–H and O–H groups in total. The van der Waals surface area contributed by atoms with Gasteiger partial charge in [0.15, 0.2) is 5.96 Å². The smallest absolute Gasteiger partial charge is 0.191 e. The van der Waals surface area contributed by atoms with Crippen LogP contribution in [0.25, 0.3) is 0 Å². The molecular weight excluding hydrogens is 272 g/mol. The van der Waals surface area contributed by atoms with E-state index in [1.807, 2.05) is 19.2 Å². The van der Waals surface area contributed by atoms with E-state index in [1.54, 1.807) is 0 Å². The van der Waals surface area contributed by atoms with Gasteiger partial charge in [0.05, 0.1) is 0 Å². The maximum absolute atomic E-state index is 4.34. The molecule has 0 aromatic heterocycles. The van der Waals surface area contributed by atoms with E-state index in [0.29, 0.717) is 18.0 Å². The van der Waals surface area contributed by atoms with Crippen LogP contribution in [0.1, 0.15) is 26.7 Å². The maximum Gasteiger partial charge on any atom is 0.191 e. The van der Waals surface area contributed by atoms with Crippen LogP contribution in [-0.2, 0) is 0 Å². The van der Waals surface area contributed by atoms with Crippen molar-refractivity contribution in [3.63, 3.8) is 0 Å². The molecule has 1 atom stereocenters. The zero-order valence-electron chi connectivity index (χ0n) is 14.4. The second-order valence-electron chi connectivity index (χ2n) is 6.08. The molecule has 0 aromatic carbocycles. The van der Waals surface area contributed by atoms with Crippen molar-refractivity contribution in [3.8, 4) is 0 Å². The third-order valence-corrected chi connectivity index (χ3v) is 4.02. The summed E-state index contributed by atoms with van der Waals surface area (Å²) in [5, 5.41) is 6.96. The normalized spacial score (nSPS) is 17.0. The first-order valence-electron chi connectivity index (χ1n) is 8.20. The lowest BCUT2D eigenvalue weighted by atomic mass is 10.0. The molecular formula is C18H32N4. The monoisotopic (exact) mass is 304 g/mol. The minimum Gasteiger partial charge on any atom is -0.355 e. The van der Waals surface area contributed by atoms with Crippen molar-refractivity contribution in [2.75, 3.05) is 26.7 Å². The molecule has 1 aliphatic rings. The molecule has 0 saturated carbocycles. The lowest BCUT2D eigenvalue weighted by molar-refractivity contribution is 0.190. The summed E-state index contributed by atoms with van der Waals surface area (Å²) in [4.78, 5) is 6.73. The standard InChI is InChI=1S/C18H32N4/c1-6-12-22(13-7-2)17(15(3)4)14-20-18(19-5)21-16-10-8-9-11-16/h6-9,15-17H,1-2,10-14H2,3-5H3,(H2,19,20,21). The number of guanidine groups is 1. The molecule has 1 unspecified atom stereocenters. The maximum atomic E-state index is 4.34. The number of nitrogens with one attached hydrogen (secondary N) is 2. The zero-order valence-corrected chi connectivity index (χ0v) is 14.4. The topological polar surface area (TPSA) is 39.7 Å². The fourth-order valence-electron chi connectivity index (χ4n) is 2.79. The average Bonchev–Trinajstić information content (AvgIpc) is 2.99. The van der Waals surface area contributed by atoms with Crippen molar-refractivity contribution in [1.29, 1.82) is 0 Å². The van der Waals surface area contributed by atoms with E-state index in [4.69, 9.17) is 0 Å². The van der Waals surface area contributed by atoms with Crippen LogP contribution in [0, 0.1) is 5.92 Å². The first kappa shape index (κ1) is 18.5. The Labute approximate surface area is 136 Å². The van der Waals surface area contributed by atoms with E-state index in [0.717, 1.165) is 38.4 Å². The Morgan fingerprint density at radius 2 is 1.86 bits per heavy atom. The Balaban J connectivity index is 2.56. The summed E-state index contributed by atoms with van der Waals surface area (Å²) in [5.74, 6) is 1.43. The molecule has 0 aromatic rings. The van der Waals surface area contributed by atoms with Gasteiger partial charge in [-0.1, -0.05) is 38.2 Å². The molecule has 1 rings (SSSR count). The Morgan fingerprint density at radius 1 is 1.27 bits per heavy atom. The van der Waals surface area contributed by atoms with E-state index < -0.39 is 0 Å². The third-order valence-electron chi connectivity index (χ3n) is 4.02. The van der Waals surface area contributed by atoms with Gasteiger partial charge in [-0.3, -0.25) is 9.89 Å². The summed E-state index contributed by atoms with van der Waals surface area (Å²) in [6.45, 7) is 14.8. The molecule has 0 aliphatic heterocycles. The van der Waals surface area contributed by atoms with Gasteiger partial charge in [-0.2, -0.15) is 0 Å². The van der Waals surface area contributed by atoms with E-state index in [-0.39, 0.29) is 0 Å². The second kappa shape index (κ2) is 10.2. The summed E-state index contributed by atoms with van der Waals surface area (Å²) in [7, 11) is 1.83. The van der Waals surface area contributed by atoms with Crippen molar-refractivity contribution in [2.24, 2.45) is 10.9 Å². The molecule has 124 valence electrons. The minimum absolute atomic E-state index is 0.413. The number of hydrogen-bond acceptors (Lipinski definition) is 2. The zero-order chi connectivity index (χ0) is 16.4. The molecule has 0 saturated heterocycles. The molecule has 1 aliphatic carbocycles. The van der Waals surface area contributed by atoms with Crippen LogP contribution in [0.3, 0.4) is 0 Å². The predicted molar refractivity (Wildman–Crippen MR) is 97.3 cm³/mol. The van der Waals surface area contributed by atoms with Crippen LogP contribution < -0.4 is 10.6 Å². The highest BCUT2D eigenvalue weighted by molar-refractivity contribution is 5.80. The highest BCUT2D eigenvalue weighted by Crippen LogP contribution is 2.11. The molecule has 0 spiro atoms. The summed E-state index contributed by atoms with van der Waals surface area (Å²) >= 11 is 0. The first-order chi connectivity index (χ1) is 10.6. The van der Waals surface area contributed by atoms with Crippen LogP contribution in [0.2, 0.25) is 0 Å². The van der Waals surface area contributed by atoms with Gasteiger partial charge in [0, 0.05) is 38.8 Å². The van der Waals surface area contributed by atoms with Gasteiger partial charge in [0.1, 0.15) is 0 Å². The van der Waals surface area contributed by atoms with Gasteiger partial charge in [0.2, 0.25) is 0 Å². The molecule has 4 nitrogen and oxygen atoms in total. The van der Waals surface area contributed by atoms with Crippen LogP contribution in [0.4, 0.5) is 0 Å². The molecule has 4 heteroatoms. The second-order valence-corrected chi connectivity index (χ2v) is 6.08. The fraction of sp³-hybridized carbons (Fsp3) is 0.611. The van der Waals surface area contributed by atoms with E-state index >= 15 is 0 Å². The van der Waals surface area contributed by atoms with Crippen LogP contribution in [0.5, 0.6) is 0 Å². The molecule has 22 heavy (non-hydrogen) atoms. The molecule has 0 amide bonds. The highest BCUT2D eigenvalue weighted by Gasteiger charge is 2.21. The first-order valence-corrected chi connectivity index (χ1v) is 8.20. The lowest BCUT2D eigenvalue weighted by Crippen LogP contribution is -2.50. The van der Waals surface area contributed by atoms with Gasteiger partial charge in [-0.25, -0.2) is 0 Å². The van der Waals surface area contributed by atoms with Gasteiger partial charge in [-0.05, 0) is 18.8 Å². The predicted octanol–water partition coefficient (Wildman–Crippen LogP) is 2.57. The van der Waals surface area contributed by atoms with E-state index in [2.05, 4.69) is 59.7 Å². The molecule has 0 bridgehead atoms. The van der Waals surface area contributed by atoms with Crippen molar-refractivity contribution < 1.29 is 0 Å². The van der Waals surface area contributed by atoms with Crippen molar-refractivity contribution in [1.82, 2.24) is 15.5 Å². The molecule has 0 heterocycles. The summed E-state index contributed by atoms with van der Waals surface area (Å²) in [6, 6.07) is 0.886. The summed E-state index contributed by atoms with van der Waals surface area (Å²) < 4.78 is 0. The Morgan fingerprint density at radius 3 is 2.32 bits per heavy atom. The molecule has 0 fully saturated rings. The fourth-order valence-corrected chi connectivity index (χ4v) is 2.79. The van der Waals surface area contributed by atoms with E-state index in [9.17, 15) is 0 Å². The summed E-state index contributed by atoms with van der Waals surface area (Å²) in [6.07, 6.45) is 10.5. The summed E-state index contributed by atoms with van der Waals surface area (Å²) in [5.41, 5.74) is 0.